The number of hydrogen-bond acceptors (Lipinski definition) is 3. The van der Waals surface area contributed by atoms with Gasteiger partial charge in [0.15, 0.2) is 0 Å². The third kappa shape index (κ3) is 4.93. The molecule has 29 heavy (non-hydrogen) atoms. The maximum Gasteiger partial charge on any atom is 0.420 e. The van der Waals surface area contributed by atoms with E-state index in [1.165, 1.54) is 24.3 Å². The van der Waals surface area contributed by atoms with Gasteiger partial charge in [0.2, 0.25) is 0 Å². The Morgan fingerprint density at radius 1 is 1.00 bits per heavy atom. The van der Waals surface area contributed by atoms with E-state index in [-0.39, 0.29) is 27.0 Å². The highest BCUT2D eigenvalue weighted by molar-refractivity contribution is 6.36. The van der Waals surface area contributed by atoms with Crippen molar-refractivity contribution in [1.82, 2.24) is 0 Å². The SMILES string of the molecule is O=C(Nc1ccc(Oc2ccccc2)c(C(F)(F)F)c1)c1cc(Cl)cc(Cl)c1O. The smallest absolute Gasteiger partial charge is 0.420 e. The molecule has 0 spiro atoms. The van der Waals surface area contributed by atoms with Gasteiger partial charge in [0.1, 0.15) is 22.8 Å². The summed E-state index contributed by atoms with van der Waals surface area (Å²) in [5.41, 5.74) is -1.51. The van der Waals surface area contributed by atoms with Gasteiger partial charge in [0.05, 0.1) is 10.6 Å². The second kappa shape index (κ2) is 8.23. The molecule has 0 atom stereocenters. The lowest BCUT2D eigenvalue weighted by atomic mass is 10.1. The van der Waals surface area contributed by atoms with E-state index in [0.717, 1.165) is 18.2 Å². The second-order valence-electron chi connectivity index (χ2n) is 5.86. The summed E-state index contributed by atoms with van der Waals surface area (Å²) in [5.74, 6) is -1.60. The number of aromatic hydroxyl groups is 1. The summed E-state index contributed by atoms with van der Waals surface area (Å²) in [6.07, 6.45) is -4.73. The molecule has 0 aliphatic carbocycles. The molecule has 0 aliphatic rings. The summed E-state index contributed by atoms with van der Waals surface area (Å²) in [7, 11) is 0. The molecule has 0 saturated carbocycles. The van der Waals surface area contributed by atoms with Crippen LogP contribution in [0.15, 0.2) is 60.7 Å². The molecular weight excluding hydrogens is 430 g/mol. The summed E-state index contributed by atoms with van der Waals surface area (Å²) in [5, 5.41) is 12.1. The summed E-state index contributed by atoms with van der Waals surface area (Å²) < 4.78 is 45.8. The van der Waals surface area contributed by atoms with Gasteiger partial charge in [-0.05, 0) is 42.5 Å². The number of ether oxygens (including phenoxy) is 1. The van der Waals surface area contributed by atoms with Crippen LogP contribution in [0.5, 0.6) is 17.2 Å². The molecule has 2 N–H and O–H groups in total. The van der Waals surface area contributed by atoms with Crippen molar-refractivity contribution in [3.8, 4) is 17.2 Å². The molecule has 0 fully saturated rings. The predicted molar refractivity (Wildman–Crippen MR) is 104 cm³/mol. The minimum atomic E-state index is -4.73. The Labute approximate surface area is 173 Å². The van der Waals surface area contributed by atoms with E-state index >= 15 is 0 Å². The molecule has 0 aromatic heterocycles. The van der Waals surface area contributed by atoms with Crippen LogP contribution in [-0.4, -0.2) is 11.0 Å². The first-order chi connectivity index (χ1) is 13.6. The van der Waals surface area contributed by atoms with Gasteiger partial charge < -0.3 is 15.2 Å². The fraction of sp³-hybridized carbons (Fsp3) is 0.0500. The van der Waals surface area contributed by atoms with Gasteiger partial charge in [-0.25, -0.2) is 0 Å². The van der Waals surface area contributed by atoms with Gasteiger partial charge in [-0.2, -0.15) is 13.2 Å². The van der Waals surface area contributed by atoms with Crippen molar-refractivity contribution in [1.29, 1.82) is 0 Å². The van der Waals surface area contributed by atoms with Crippen molar-refractivity contribution in [2.45, 2.75) is 6.18 Å². The zero-order valence-corrected chi connectivity index (χ0v) is 15.9. The van der Waals surface area contributed by atoms with Gasteiger partial charge in [-0.1, -0.05) is 41.4 Å². The van der Waals surface area contributed by atoms with Crippen LogP contribution in [0, 0.1) is 0 Å². The minimum absolute atomic E-state index is 0.0838. The lowest BCUT2D eigenvalue weighted by Crippen LogP contribution is -2.14. The van der Waals surface area contributed by atoms with E-state index in [1.807, 2.05) is 0 Å². The van der Waals surface area contributed by atoms with Gasteiger partial charge in [0.25, 0.3) is 5.91 Å². The number of halogens is 5. The van der Waals surface area contributed by atoms with E-state index in [0.29, 0.717) is 0 Å². The van der Waals surface area contributed by atoms with Crippen molar-refractivity contribution >= 4 is 34.8 Å². The molecule has 3 rings (SSSR count). The molecule has 4 nitrogen and oxygen atoms in total. The highest BCUT2D eigenvalue weighted by atomic mass is 35.5. The van der Waals surface area contributed by atoms with E-state index in [1.54, 1.807) is 18.2 Å². The first-order valence-corrected chi connectivity index (χ1v) is 8.84. The average molecular weight is 442 g/mol. The zero-order valence-electron chi connectivity index (χ0n) is 14.4. The fourth-order valence-corrected chi connectivity index (χ4v) is 2.96. The molecule has 9 heteroatoms. The lowest BCUT2D eigenvalue weighted by Gasteiger charge is -2.16. The summed E-state index contributed by atoms with van der Waals surface area (Å²) in [6, 6.07) is 13.4. The molecule has 0 aliphatic heterocycles. The molecule has 0 radical (unpaired) electrons. The Hall–Kier alpha value is -2.90. The highest BCUT2D eigenvalue weighted by Crippen LogP contribution is 2.40. The van der Waals surface area contributed by atoms with E-state index in [4.69, 9.17) is 27.9 Å². The van der Waals surface area contributed by atoms with Crippen LogP contribution in [0.3, 0.4) is 0 Å². The molecule has 0 heterocycles. The standard InChI is InChI=1S/C20H12Cl2F3NO3/c21-11-8-14(18(27)16(22)9-11)19(28)26-12-6-7-17(15(10-12)20(23,24)25)29-13-4-2-1-3-5-13/h1-10,27H,(H,26,28). The molecule has 3 aromatic rings. The lowest BCUT2D eigenvalue weighted by molar-refractivity contribution is -0.138. The molecule has 0 unspecified atom stereocenters. The van der Waals surface area contributed by atoms with Crippen LogP contribution in [0.25, 0.3) is 0 Å². The topological polar surface area (TPSA) is 58.6 Å². The molecule has 0 bridgehead atoms. The van der Waals surface area contributed by atoms with Crippen LogP contribution >= 0.6 is 23.2 Å². The normalized spacial score (nSPS) is 11.2. The Morgan fingerprint density at radius 2 is 1.69 bits per heavy atom. The van der Waals surface area contributed by atoms with Gasteiger partial charge in [0, 0.05) is 10.7 Å². The Kier molecular flexibility index (Phi) is 5.91. The van der Waals surface area contributed by atoms with Gasteiger partial charge >= 0.3 is 6.18 Å². The number of anilines is 1. The zero-order chi connectivity index (χ0) is 21.2. The largest absolute Gasteiger partial charge is 0.506 e. The molecule has 150 valence electrons. The third-order valence-electron chi connectivity index (χ3n) is 3.79. The number of para-hydroxylation sites is 1. The summed E-state index contributed by atoms with van der Waals surface area (Å²) >= 11 is 11.6. The van der Waals surface area contributed by atoms with Crippen molar-refractivity contribution in [2.75, 3.05) is 5.32 Å². The number of benzene rings is 3. The fourth-order valence-electron chi connectivity index (χ4n) is 2.47. The number of carbonyl (C=O) groups excluding carboxylic acids is 1. The minimum Gasteiger partial charge on any atom is -0.506 e. The van der Waals surface area contributed by atoms with Crippen LogP contribution in [0.1, 0.15) is 15.9 Å². The Bertz CT molecular complexity index is 1060. The average Bonchev–Trinajstić information content (AvgIpc) is 2.65. The number of phenolic OH excluding ortho intramolecular Hbond substituents is 1. The maximum absolute atomic E-state index is 13.5. The summed E-state index contributed by atoms with van der Waals surface area (Å²) in [6.45, 7) is 0. The van der Waals surface area contributed by atoms with Crippen LogP contribution in [0.4, 0.5) is 18.9 Å². The summed E-state index contributed by atoms with van der Waals surface area (Å²) in [4.78, 5) is 12.4. The number of hydrogen-bond donors (Lipinski definition) is 2. The number of nitrogens with one attached hydrogen (secondary N) is 1. The van der Waals surface area contributed by atoms with Crippen molar-refractivity contribution in [3.63, 3.8) is 0 Å². The predicted octanol–water partition coefficient (Wildman–Crippen LogP) is 6.76. The molecule has 1 amide bonds. The van der Waals surface area contributed by atoms with Gasteiger partial charge in [-0.3, -0.25) is 4.79 Å². The monoisotopic (exact) mass is 441 g/mol. The molecule has 3 aromatic carbocycles. The third-order valence-corrected chi connectivity index (χ3v) is 4.29. The van der Waals surface area contributed by atoms with E-state index in [2.05, 4.69) is 5.32 Å². The number of amides is 1. The first kappa shape index (κ1) is 20.8. The van der Waals surface area contributed by atoms with Crippen molar-refractivity contribution in [3.05, 3.63) is 81.8 Å². The Balaban J connectivity index is 1.92. The van der Waals surface area contributed by atoms with Gasteiger partial charge in [-0.15, -0.1) is 0 Å². The maximum atomic E-state index is 13.5. The highest BCUT2D eigenvalue weighted by Gasteiger charge is 2.35. The molecule has 0 saturated heterocycles. The number of carbonyl (C=O) groups is 1. The quantitative estimate of drug-likeness (QED) is 0.469. The molecular formula is C20H12Cl2F3NO3. The van der Waals surface area contributed by atoms with E-state index in [9.17, 15) is 23.1 Å². The first-order valence-electron chi connectivity index (χ1n) is 8.08. The Morgan fingerprint density at radius 3 is 2.34 bits per heavy atom. The van der Waals surface area contributed by atoms with Crippen LogP contribution < -0.4 is 10.1 Å². The van der Waals surface area contributed by atoms with Crippen LogP contribution in [-0.2, 0) is 6.18 Å². The number of rotatable bonds is 4. The second-order valence-corrected chi connectivity index (χ2v) is 6.71. The van der Waals surface area contributed by atoms with Crippen LogP contribution in [0.2, 0.25) is 10.0 Å². The van der Waals surface area contributed by atoms with Crippen molar-refractivity contribution < 1.29 is 27.8 Å². The van der Waals surface area contributed by atoms with Crippen molar-refractivity contribution in [2.24, 2.45) is 0 Å². The number of phenols is 1. The van der Waals surface area contributed by atoms with E-state index < -0.39 is 29.1 Å². The number of alkyl halides is 3.